The standard InChI is InChI=1S/C20H23N5O2S/c1-20(2)8-16-17(18(26)24-20)28-19(23-16)25-5-6-27-11-13(25)7-12-9-22-15-3-4-21-10-14(12)15/h3-4,9-10,13,22H,5-8,11H2,1-2H3,(H,24,26)/t13-/m0/s1. The normalized spacial score (nSPS) is 21.6. The number of ether oxygens (including phenoxy) is 1. The molecule has 0 aliphatic carbocycles. The summed E-state index contributed by atoms with van der Waals surface area (Å²) in [6.45, 7) is 6.18. The highest BCUT2D eigenvalue weighted by Gasteiger charge is 2.35. The van der Waals surface area contributed by atoms with Crippen molar-refractivity contribution in [1.29, 1.82) is 0 Å². The van der Waals surface area contributed by atoms with Crippen molar-refractivity contribution in [2.24, 2.45) is 0 Å². The fourth-order valence-corrected chi connectivity index (χ4v) is 5.18. The molecular weight excluding hydrogens is 374 g/mol. The second-order valence-electron chi connectivity index (χ2n) is 8.15. The van der Waals surface area contributed by atoms with Gasteiger partial charge in [-0.15, -0.1) is 0 Å². The summed E-state index contributed by atoms with van der Waals surface area (Å²) in [4.78, 5) is 28.0. The molecule has 0 saturated carbocycles. The number of aromatic nitrogens is 3. The van der Waals surface area contributed by atoms with Crippen molar-refractivity contribution in [3.63, 3.8) is 0 Å². The van der Waals surface area contributed by atoms with Crippen LogP contribution in [0.5, 0.6) is 0 Å². The number of rotatable bonds is 3. The number of nitrogens with zero attached hydrogens (tertiary/aromatic N) is 3. The van der Waals surface area contributed by atoms with Crippen molar-refractivity contribution in [3.8, 4) is 0 Å². The lowest BCUT2D eigenvalue weighted by molar-refractivity contribution is 0.0900. The van der Waals surface area contributed by atoms with Gasteiger partial charge < -0.3 is 19.9 Å². The van der Waals surface area contributed by atoms with Crippen molar-refractivity contribution in [1.82, 2.24) is 20.3 Å². The molecule has 3 aromatic heterocycles. The van der Waals surface area contributed by atoms with Gasteiger partial charge in [0.15, 0.2) is 5.13 Å². The fourth-order valence-electron chi connectivity index (χ4n) is 4.10. The number of anilines is 1. The Morgan fingerprint density at radius 1 is 1.43 bits per heavy atom. The molecule has 1 amide bonds. The molecule has 1 atom stereocenters. The molecule has 2 N–H and O–H groups in total. The Morgan fingerprint density at radius 2 is 2.32 bits per heavy atom. The van der Waals surface area contributed by atoms with E-state index in [9.17, 15) is 4.79 Å². The lowest BCUT2D eigenvalue weighted by Crippen LogP contribution is -2.48. The van der Waals surface area contributed by atoms with Crippen LogP contribution in [0.25, 0.3) is 10.9 Å². The van der Waals surface area contributed by atoms with E-state index in [2.05, 4.69) is 26.4 Å². The third-order valence-corrected chi connectivity index (χ3v) is 6.58. The molecule has 0 unspecified atom stereocenters. The monoisotopic (exact) mass is 397 g/mol. The molecule has 8 heteroatoms. The van der Waals surface area contributed by atoms with Crippen LogP contribution in [-0.4, -0.2) is 52.2 Å². The quantitative estimate of drug-likeness (QED) is 0.710. The molecule has 5 rings (SSSR count). The van der Waals surface area contributed by atoms with Gasteiger partial charge in [-0.3, -0.25) is 9.78 Å². The number of carbonyl (C=O) groups excluding carboxylic acids is 1. The Morgan fingerprint density at radius 3 is 3.21 bits per heavy atom. The number of hydrogen-bond donors (Lipinski definition) is 2. The molecule has 7 nitrogen and oxygen atoms in total. The number of amides is 1. The summed E-state index contributed by atoms with van der Waals surface area (Å²) < 4.78 is 5.78. The fraction of sp³-hybridized carbons (Fsp3) is 0.450. The maximum absolute atomic E-state index is 12.5. The van der Waals surface area contributed by atoms with Crippen LogP contribution in [-0.2, 0) is 17.6 Å². The van der Waals surface area contributed by atoms with E-state index in [0.29, 0.717) is 13.2 Å². The van der Waals surface area contributed by atoms with Crippen LogP contribution in [0.15, 0.2) is 24.7 Å². The highest BCUT2D eigenvalue weighted by atomic mass is 32.1. The number of aromatic amines is 1. The van der Waals surface area contributed by atoms with Crippen molar-refractivity contribution < 1.29 is 9.53 Å². The number of H-pyrrole nitrogens is 1. The first-order valence-corrected chi connectivity index (χ1v) is 10.4. The first-order valence-electron chi connectivity index (χ1n) is 9.57. The largest absolute Gasteiger partial charge is 0.377 e. The zero-order valence-corrected chi connectivity index (χ0v) is 16.8. The Labute approximate surface area is 167 Å². The van der Waals surface area contributed by atoms with Crippen LogP contribution in [0, 0.1) is 0 Å². The van der Waals surface area contributed by atoms with Gasteiger partial charge in [-0.05, 0) is 31.9 Å². The van der Waals surface area contributed by atoms with E-state index >= 15 is 0 Å². The lowest BCUT2D eigenvalue weighted by atomic mass is 9.94. The van der Waals surface area contributed by atoms with Gasteiger partial charge >= 0.3 is 0 Å². The number of thiazole rings is 1. The van der Waals surface area contributed by atoms with E-state index in [1.54, 1.807) is 6.20 Å². The Balaban J connectivity index is 1.45. The van der Waals surface area contributed by atoms with Crippen LogP contribution in [0.4, 0.5) is 5.13 Å². The van der Waals surface area contributed by atoms with Crippen molar-refractivity contribution in [3.05, 3.63) is 40.8 Å². The number of hydrogen-bond acceptors (Lipinski definition) is 6. The summed E-state index contributed by atoms with van der Waals surface area (Å²) in [5.41, 5.74) is 2.98. The molecular formula is C20H23N5O2S. The summed E-state index contributed by atoms with van der Waals surface area (Å²) in [6.07, 6.45) is 7.36. The Kier molecular flexibility index (Phi) is 4.13. The first kappa shape index (κ1) is 17.6. The molecule has 0 bridgehead atoms. The molecule has 0 spiro atoms. The number of fused-ring (bicyclic) bond motifs is 2. The molecule has 2 aliphatic rings. The summed E-state index contributed by atoms with van der Waals surface area (Å²) in [6, 6.07) is 2.17. The average molecular weight is 398 g/mol. The van der Waals surface area contributed by atoms with E-state index in [1.807, 2.05) is 26.1 Å². The molecule has 0 aromatic carbocycles. The van der Waals surface area contributed by atoms with Crippen molar-refractivity contribution >= 4 is 33.3 Å². The second-order valence-corrected chi connectivity index (χ2v) is 9.13. The summed E-state index contributed by atoms with van der Waals surface area (Å²) in [5.74, 6) is -0.0116. The summed E-state index contributed by atoms with van der Waals surface area (Å²) >= 11 is 1.50. The van der Waals surface area contributed by atoms with Gasteiger partial charge in [0.1, 0.15) is 4.88 Å². The predicted molar refractivity (Wildman–Crippen MR) is 109 cm³/mol. The number of carbonyl (C=O) groups is 1. The number of morpholine rings is 1. The number of pyridine rings is 1. The zero-order valence-electron chi connectivity index (χ0n) is 16.0. The molecule has 0 radical (unpaired) electrons. The van der Waals surface area contributed by atoms with Gasteiger partial charge in [-0.25, -0.2) is 4.98 Å². The van der Waals surface area contributed by atoms with E-state index in [4.69, 9.17) is 9.72 Å². The minimum absolute atomic E-state index is 0.0116. The topological polar surface area (TPSA) is 83.1 Å². The zero-order chi connectivity index (χ0) is 19.3. The van der Waals surface area contributed by atoms with Crippen molar-refractivity contribution in [2.75, 3.05) is 24.7 Å². The van der Waals surface area contributed by atoms with Gasteiger partial charge in [-0.1, -0.05) is 11.3 Å². The maximum atomic E-state index is 12.5. The predicted octanol–water partition coefficient (Wildman–Crippen LogP) is 2.53. The molecule has 5 heterocycles. The van der Waals surface area contributed by atoms with E-state index in [-0.39, 0.29) is 17.5 Å². The third-order valence-electron chi connectivity index (χ3n) is 5.45. The minimum Gasteiger partial charge on any atom is -0.377 e. The number of nitrogens with one attached hydrogen (secondary N) is 2. The molecule has 146 valence electrons. The average Bonchev–Trinajstić information content (AvgIpc) is 3.26. The van der Waals surface area contributed by atoms with Gasteiger partial charge in [0.25, 0.3) is 5.91 Å². The second kappa shape index (κ2) is 6.56. The van der Waals surface area contributed by atoms with Crippen LogP contribution in [0.1, 0.15) is 34.8 Å². The highest BCUT2D eigenvalue weighted by Crippen LogP contribution is 2.34. The lowest BCUT2D eigenvalue weighted by Gasteiger charge is -2.35. The Bertz CT molecular complexity index is 1040. The van der Waals surface area contributed by atoms with Gasteiger partial charge in [0, 0.05) is 48.0 Å². The first-order chi connectivity index (χ1) is 13.5. The van der Waals surface area contributed by atoms with Crippen LogP contribution in [0.3, 0.4) is 0 Å². The molecule has 3 aromatic rings. The minimum atomic E-state index is -0.253. The van der Waals surface area contributed by atoms with E-state index in [0.717, 1.165) is 46.0 Å². The molecule has 1 fully saturated rings. The molecule has 1 saturated heterocycles. The maximum Gasteiger partial charge on any atom is 0.263 e. The van der Waals surface area contributed by atoms with Gasteiger partial charge in [0.05, 0.1) is 24.9 Å². The molecule has 28 heavy (non-hydrogen) atoms. The summed E-state index contributed by atoms with van der Waals surface area (Å²) in [7, 11) is 0. The van der Waals surface area contributed by atoms with Crippen LogP contribution >= 0.6 is 11.3 Å². The SMILES string of the molecule is CC1(C)Cc2nc(N3CCOC[C@@H]3Cc3c[nH]c4ccncc34)sc2C(=O)N1. The summed E-state index contributed by atoms with van der Waals surface area (Å²) in [5, 5.41) is 5.14. The van der Waals surface area contributed by atoms with Crippen LogP contribution in [0.2, 0.25) is 0 Å². The Hall–Kier alpha value is -2.45. The van der Waals surface area contributed by atoms with Crippen molar-refractivity contribution in [2.45, 2.75) is 38.3 Å². The van der Waals surface area contributed by atoms with Gasteiger partial charge in [0.2, 0.25) is 0 Å². The van der Waals surface area contributed by atoms with E-state index in [1.165, 1.54) is 16.9 Å². The highest BCUT2D eigenvalue weighted by molar-refractivity contribution is 7.17. The van der Waals surface area contributed by atoms with E-state index < -0.39 is 0 Å². The van der Waals surface area contributed by atoms with Gasteiger partial charge in [-0.2, -0.15) is 0 Å². The molecule has 2 aliphatic heterocycles. The smallest absolute Gasteiger partial charge is 0.263 e. The van der Waals surface area contributed by atoms with Crippen LogP contribution < -0.4 is 10.2 Å². The third kappa shape index (κ3) is 3.06.